The van der Waals surface area contributed by atoms with E-state index in [1.807, 2.05) is 0 Å². The third-order valence-corrected chi connectivity index (χ3v) is 2.90. The summed E-state index contributed by atoms with van der Waals surface area (Å²) >= 11 is 4.49. The number of methoxy groups -OCH3 is 1. The predicted octanol–water partition coefficient (Wildman–Crippen LogP) is 2.30. The van der Waals surface area contributed by atoms with Crippen LogP contribution in [0.15, 0.2) is 9.85 Å². The molecule has 0 unspecified atom stereocenters. The highest BCUT2D eigenvalue weighted by atomic mass is 79.9. The lowest BCUT2D eigenvalue weighted by Gasteiger charge is -1.96. The van der Waals surface area contributed by atoms with E-state index in [2.05, 4.69) is 20.7 Å². The highest BCUT2D eigenvalue weighted by Gasteiger charge is 2.15. The van der Waals surface area contributed by atoms with E-state index in [0.29, 0.717) is 15.0 Å². The van der Waals surface area contributed by atoms with Gasteiger partial charge in [0.15, 0.2) is 0 Å². The Hall–Kier alpha value is -0.260. The summed E-state index contributed by atoms with van der Waals surface area (Å²) < 4.78 is 5.20. The van der Waals surface area contributed by atoms with Crippen LogP contribution in [-0.2, 0) is 4.74 Å². The summed E-state index contributed by atoms with van der Waals surface area (Å²) in [6, 6.07) is 0. The van der Waals surface area contributed by atoms with Gasteiger partial charge in [-0.05, 0) is 15.9 Å². The van der Waals surface area contributed by atoms with Crippen LogP contribution < -0.4 is 5.73 Å². The normalized spacial score (nSPS) is 8.83. The van der Waals surface area contributed by atoms with Crippen molar-refractivity contribution in [1.29, 1.82) is 0 Å². The summed E-state index contributed by atoms with van der Waals surface area (Å²) in [7, 11) is 1.33. The van der Waals surface area contributed by atoms with Crippen molar-refractivity contribution in [2.24, 2.45) is 0 Å². The Morgan fingerprint density at radius 2 is 2.33 bits per heavy atom. The van der Waals surface area contributed by atoms with Gasteiger partial charge in [0.1, 0.15) is 10.6 Å². The quantitative estimate of drug-likeness (QED) is 0.798. The van der Waals surface area contributed by atoms with Gasteiger partial charge in [-0.3, -0.25) is 0 Å². The minimum absolute atomic E-state index is 0. The molecule has 0 amide bonds. The number of carbonyl (C=O) groups is 1. The molecule has 0 radical (unpaired) electrons. The molecule has 0 aliphatic heterocycles. The number of rotatable bonds is 1. The highest BCUT2D eigenvalue weighted by molar-refractivity contribution is 9.10. The van der Waals surface area contributed by atoms with Crippen LogP contribution >= 0.6 is 39.7 Å². The largest absolute Gasteiger partial charge is 0.465 e. The molecule has 1 rings (SSSR count). The van der Waals surface area contributed by atoms with E-state index in [1.165, 1.54) is 18.4 Å². The van der Waals surface area contributed by atoms with Crippen LogP contribution in [0.1, 0.15) is 10.4 Å². The van der Waals surface area contributed by atoms with Gasteiger partial charge in [-0.2, -0.15) is 0 Å². The van der Waals surface area contributed by atoms with E-state index >= 15 is 0 Å². The minimum Gasteiger partial charge on any atom is -0.465 e. The van der Waals surface area contributed by atoms with Gasteiger partial charge in [0.05, 0.1) is 7.11 Å². The molecule has 12 heavy (non-hydrogen) atoms. The number of nitrogens with two attached hydrogens (primary N) is 1. The summed E-state index contributed by atoms with van der Waals surface area (Å²) in [4.78, 5) is 11.0. The maximum atomic E-state index is 11.0. The smallest absolute Gasteiger partial charge is 0.342 e. The van der Waals surface area contributed by atoms with Crippen LogP contribution in [-0.4, -0.2) is 13.1 Å². The molecule has 0 aliphatic rings. The number of carbonyl (C=O) groups excluding carboxylic acids is 1. The molecule has 1 aromatic heterocycles. The van der Waals surface area contributed by atoms with Crippen molar-refractivity contribution < 1.29 is 9.53 Å². The molecule has 0 bridgehead atoms. The Kier molecular flexibility index (Phi) is 4.59. The average molecular weight is 273 g/mol. The fourth-order valence-electron chi connectivity index (χ4n) is 0.651. The third-order valence-electron chi connectivity index (χ3n) is 1.16. The van der Waals surface area contributed by atoms with Crippen LogP contribution in [0.25, 0.3) is 0 Å². The number of thiophene rings is 1. The van der Waals surface area contributed by atoms with Gasteiger partial charge in [0.2, 0.25) is 0 Å². The molecule has 0 spiro atoms. The molecule has 0 aromatic carbocycles. The monoisotopic (exact) mass is 271 g/mol. The standard InChI is InChI=1S/C6H6BrNO2S.ClH/c1-10-6(9)4-3(7)2-11-5(4)8;/h2H,8H2,1H3;1H. The summed E-state index contributed by atoms with van der Waals surface area (Å²) in [5, 5.41) is 2.23. The zero-order valence-electron chi connectivity index (χ0n) is 6.17. The van der Waals surface area contributed by atoms with Crippen molar-refractivity contribution in [1.82, 2.24) is 0 Å². The molecular weight excluding hydrogens is 265 g/mol. The van der Waals surface area contributed by atoms with E-state index in [0.717, 1.165) is 0 Å². The molecule has 1 aromatic rings. The lowest BCUT2D eigenvalue weighted by Crippen LogP contribution is -2.02. The van der Waals surface area contributed by atoms with Crippen LogP contribution in [0.5, 0.6) is 0 Å². The molecule has 0 fully saturated rings. The van der Waals surface area contributed by atoms with Crippen LogP contribution in [0.2, 0.25) is 0 Å². The molecule has 0 saturated heterocycles. The van der Waals surface area contributed by atoms with Gasteiger partial charge in [-0.25, -0.2) is 4.79 Å². The van der Waals surface area contributed by atoms with Gasteiger partial charge < -0.3 is 10.5 Å². The Morgan fingerprint density at radius 1 is 1.75 bits per heavy atom. The first-order valence-electron chi connectivity index (χ1n) is 2.77. The second-order valence-corrected chi connectivity index (χ2v) is 3.58. The molecule has 3 nitrogen and oxygen atoms in total. The zero-order valence-corrected chi connectivity index (χ0v) is 9.38. The molecule has 6 heteroatoms. The molecule has 0 atom stereocenters. The van der Waals surface area contributed by atoms with Gasteiger partial charge >= 0.3 is 5.97 Å². The van der Waals surface area contributed by atoms with Gasteiger partial charge in [-0.15, -0.1) is 23.7 Å². The van der Waals surface area contributed by atoms with E-state index < -0.39 is 5.97 Å². The highest BCUT2D eigenvalue weighted by Crippen LogP contribution is 2.29. The Balaban J connectivity index is 0.00000121. The molecule has 0 saturated carbocycles. The van der Waals surface area contributed by atoms with Crippen molar-refractivity contribution in [2.75, 3.05) is 12.8 Å². The molecule has 2 N–H and O–H groups in total. The Bertz CT molecular complexity index is 270. The first-order valence-corrected chi connectivity index (χ1v) is 4.45. The third kappa shape index (κ3) is 2.12. The zero-order chi connectivity index (χ0) is 8.43. The topological polar surface area (TPSA) is 52.3 Å². The van der Waals surface area contributed by atoms with E-state index in [4.69, 9.17) is 5.73 Å². The van der Waals surface area contributed by atoms with Gasteiger partial charge in [0, 0.05) is 9.85 Å². The first kappa shape index (κ1) is 11.7. The van der Waals surface area contributed by atoms with Gasteiger partial charge in [-0.1, -0.05) is 0 Å². The first-order chi connectivity index (χ1) is 5.16. The fourth-order valence-corrected chi connectivity index (χ4v) is 2.10. The molecule has 0 aliphatic carbocycles. The number of anilines is 1. The van der Waals surface area contributed by atoms with Crippen molar-refractivity contribution >= 4 is 50.6 Å². The number of hydrogen-bond donors (Lipinski definition) is 1. The van der Waals surface area contributed by atoms with Crippen LogP contribution in [0, 0.1) is 0 Å². The maximum Gasteiger partial charge on any atom is 0.342 e. The lowest BCUT2D eigenvalue weighted by atomic mass is 10.3. The van der Waals surface area contributed by atoms with Gasteiger partial charge in [0.25, 0.3) is 0 Å². The van der Waals surface area contributed by atoms with E-state index in [-0.39, 0.29) is 12.4 Å². The number of hydrogen-bond acceptors (Lipinski definition) is 4. The van der Waals surface area contributed by atoms with E-state index in [9.17, 15) is 4.79 Å². The molecular formula is C6H7BrClNO2S. The van der Waals surface area contributed by atoms with E-state index in [1.54, 1.807) is 5.38 Å². The van der Waals surface area contributed by atoms with Crippen LogP contribution in [0.4, 0.5) is 5.00 Å². The summed E-state index contributed by atoms with van der Waals surface area (Å²) in [5.41, 5.74) is 5.92. The summed E-state index contributed by atoms with van der Waals surface area (Å²) in [6.07, 6.45) is 0. The average Bonchev–Trinajstić information content (AvgIpc) is 2.30. The number of halogens is 2. The molecule has 1 heterocycles. The maximum absolute atomic E-state index is 11.0. The minimum atomic E-state index is -0.407. The van der Waals surface area contributed by atoms with Crippen molar-refractivity contribution in [3.8, 4) is 0 Å². The summed E-state index contributed by atoms with van der Waals surface area (Å²) in [5.74, 6) is -0.407. The number of nitrogen functional groups attached to an aromatic ring is 1. The Morgan fingerprint density at radius 3 is 2.67 bits per heavy atom. The number of esters is 1. The SMILES string of the molecule is COC(=O)c1c(Br)csc1N.Cl. The predicted molar refractivity (Wildman–Crippen MR) is 55.0 cm³/mol. The Labute approximate surface area is 88.4 Å². The number of ether oxygens (including phenoxy) is 1. The molecule has 68 valence electrons. The summed E-state index contributed by atoms with van der Waals surface area (Å²) in [6.45, 7) is 0. The second kappa shape index (κ2) is 4.69. The van der Waals surface area contributed by atoms with Crippen molar-refractivity contribution in [3.63, 3.8) is 0 Å². The van der Waals surface area contributed by atoms with Crippen molar-refractivity contribution in [3.05, 3.63) is 15.4 Å². The van der Waals surface area contributed by atoms with Crippen molar-refractivity contribution in [2.45, 2.75) is 0 Å². The van der Waals surface area contributed by atoms with Crippen LogP contribution in [0.3, 0.4) is 0 Å². The fraction of sp³-hybridized carbons (Fsp3) is 0.167. The second-order valence-electron chi connectivity index (χ2n) is 1.81. The lowest BCUT2D eigenvalue weighted by molar-refractivity contribution is 0.0601.